The maximum atomic E-state index is 11.8. The fraction of sp³-hybridized carbons (Fsp3) is 0.320. The number of carbonyl (C=O) groups is 2. The van der Waals surface area contributed by atoms with Crippen molar-refractivity contribution < 1.29 is 19.4 Å². The van der Waals surface area contributed by atoms with Crippen molar-refractivity contribution in [3.8, 4) is 5.75 Å². The monoisotopic (exact) mass is 587 g/mol. The van der Waals surface area contributed by atoms with Crippen molar-refractivity contribution in [3.05, 3.63) is 61.8 Å². The lowest BCUT2D eigenvalue weighted by Gasteiger charge is -2.35. The largest absolute Gasteiger partial charge is 0.489 e. The van der Waals surface area contributed by atoms with Crippen LogP contribution >= 0.6 is 27.7 Å². The first-order valence-corrected chi connectivity index (χ1v) is 13.5. The molecule has 2 aromatic carbocycles. The fourth-order valence-corrected chi connectivity index (χ4v) is 5.79. The average Bonchev–Trinajstić information content (AvgIpc) is 3.41. The first-order chi connectivity index (χ1) is 17.9. The molecule has 2 saturated heterocycles. The molecule has 3 aromatic rings. The minimum absolute atomic E-state index is 0.113. The van der Waals surface area contributed by atoms with Crippen molar-refractivity contribution in [2.45, 2.75) is 25.0 Å². The van der Waals surface area contributed by atoms with E-state index in [2.05, 4.69) is 41.4 Å². The number of anilines is 1. The van der Waals surface area contributed by atoms with Gasteiger partial charge < -0.3 is 30.0 Å². The summed E-state index contributed by atoms with van der Waals surface area (Å²) in [6.07, 6.45) is 2.87. The predicted molar refractivity (Wildman–Crippen MR) is 147 cm³/mol. The zero-order valence-corrected chi connectivity index (χ0v) is 22.2. The summed E-state index contributed by atoms with van der Waals surface area (Å²) in [6, 6.07) is 11.5. The van der Waals surface area contributed by atoms with E-state index in [1.54, 1.807) is 24.3 Å². The van der Waals surface area contributed by atoms with Gasteiger partial charge in [-0.2, -0.15) is 0 Å². The van der Waals surface area contributed by atoms with E-state index in [1.807, 2.05) is 18.2 Å². The molecule has 0 aliphatic carbocycles. The topological polar surface area (TPSA) is 140 Å². The number of carbonyl (C=O) groups excluding carboxylic acids is 2. The normalized spacial score (nSPS) is 18.5. The predicted octanol–water partition coefficient (Wildman–Crippen LogP) is 2.94. The molecular weight excluding hydrogens is 562 g/mol. The molecule has 3 heterocycles. The quantitative estimate of drug-likeness (QED) is 0.253. The van der Waals surface area contributed by atoms with Gasteiger partial charge in [0.1, 0.15) is 24.0 Å². The highest BCUT2D eigenvalue weighted by Crippen LogP contribution is 2.32. The van der Waals surface area contributed by atoms with Crippen LogP contribution in [0.5, 0.6) is 5.75 Å². The van der Waals surface area contributed by atoms with Gasteiger partial charge in [-0.15, -0.1) is 0 Å². The highest BCUT2D eigenvalue weighted by molar-refractivity contribution is 9.10. The summed E-state index contributed by atoms with van der Waals surface area (Å²) in [5.74, 6) is 0.158. The van der Waals surface area contributed by atoms with Crippen LogP contribution < -0.4 is 26.0 Å². The zero-order valence-electron chi connectivity index (χ0n) is 19.8. The zero-order chi connectivity index (χ0) is 25.9. The number of amides is 2. The SMILES string of the molecule is O=C1NC(=O)C(=Cc2ccc(N3CCC(NC[C@H](O)COc4cccc5[nH]c(=O)[nH]c45)CC3)c(Br)c2)S1. The van der Waals surface area contributed by atoms with Crippen molar-refractivity contribution in [2.24, 2.45) is 0 Å². The Morgan fingerprint density at radius 1 is 1.19 bits per heavy atom. The third kappa shape index (κ3) is 6.09. The molecule has 2 aliphatic heterocycles. The molecule has 2 amide bonds. The van der Waals surface area contributed by atoms with Crippen molar-refractivity contribution in [2.75, 3.05) is 31.1 Å². The number of nitrogens with zero attached hydrogens (tertiary/aromatic N) is 1. The number of aromatic nitrogens is 2. The Morgan fingerprint density at radius 3 is 2.73 bits per heavy atom. The molecule has 0 bridgehead atoms. The van der Waals surface area contributed by atoms with Crippen LogP contribution in [-0.4, -0.2) is 64.6 Å². The number of fused-ring (bicyclic) bond motifs is 1. The number of ether oxygens (including phenoxy) is 1. The minimum atomic E-state index is -0.690. The number of aliphatic hydroxyl groups is 1. The maximum Gasteiger partial charge on any atom is 0.323 e. The molecular formula is C25H26BrN5O5S. The van der Waals surface area contributed by atoms with Crippen LogP contribution in [0.15, 0.2) is 50.6 Å². The van der Waals surface area contributed by atoms with Crippen molar-refractivity contribution in [3.63, 3.8) is 0 Å². The molecule has 10 nitrogen and oxygen atoms in total. The molecule has 2 aliphatic rings. The van der Waals surface area contributed by atoms with Crippen LogP contribution in [0.3, 0.4) is 0 Å². The highest BCUT2D eigenvalue weighted by atomic mass is 79.9. The number of thioether (sulfide) groups is 1. The van der Waals surface area contributed by atoms with Crippen molar-refractivity contribution >= 4 is 61.6 Å². The second-order valence-electron chi connectivity index (χ2n) is 8.96. The molecule has 2 fully saturated rings. The Balaban J connectivity index is 1.09. The lowest BCUT2D eigenvalue weighted by Crippen LogP contribution is -2.45. The summed E-state index contributed by atoms with van der Waals surface area (Å²) in [7, 11) is 0. The minimum Gasteiger partial charge on any atom is -0.489 e. The first-order valence-electron chi connectivity index (χ1n) is 11.9. The van der Waals surface area contributed by atoms with E-state index in [-0.39, 0.29) is 29.5 Å². The number of halogens is 1. The van der Waals surface area contributed by atoms with Gasteiger partial charge in [0.05, 0.1) is 16.1 Å². The standard InChI is InChI=1S/C25H26BrN5O5S/c26-17-10-14(11-21-23(33)30-25(35)37-21)4-5-19(17)31-8-6-15(7-9-31)27-12-16(32)13-36-20-3-1-2-18-22(20)29-24(34)28-18/h1-5,10-11,15-16,27,32H,6-9,12-13H2,(H2,28,29,34)(H,30,33,35)/t16-/m0/s1. The van der Waals surface area contributed by atoms with Crippen LogP contribution in [0.4, 0.5) is 10.5 Å². The third-order valence-corrected chi connectivity index (χ3v) is 7.78. The van der Waals surface area contributed by atoms with Crippen LogP contribution in [0.2, 0.25) is 0 Å². The van der Waals surface area contributed by atoms with Crippen LogP contribution in [0, 0.1) is 0 Å². The number of rotatable bonds is 8. The number of hydrogen-bond donors (Lipinski definition) is 5. The van der Waals surface area contributed by atoms with Crippen molar-refractivity contribution in [1.29, 1.82) is 0 Å². The molecule has 5 rings (SSSR count). The maximum absolute atomic E-state index is 11.8. The van der Waals surface area contributed by atoms with Gasteiger partial charge in [-0.3, -0.25) is 14.9 Å². The Labute approximate surface area is 225 Å². The molecule has 12 heteroatoms. The van der Waals surface area contributed by atoms with E-state index in [9.17, 15) is 19.5 Å². The Bertz CT molecular complexity index is 1410. The average molecular weight is 588 g/mol. The van der Waals surface area contributed by atoms with E-state index in [1.165, 1.54) is 0 Å². The second kappa shape index (κ2) is 11.1. The molecule has 194 valence electrons. The Kier molecular flexibility index (Phi) is 7.70. The van der Waals surface area contributed by atoms with Gasteiger partial charge in [0.15, 0.2) is 0 Å². The smallest absolute Gasteiger partial charge is 0.323 e. The number of imide groups is 1. The molecule has 0 spiro atoms. The van der Waals surface area contributed by atoms with E-state index < -0.39 is 6.10 Å². The third-order valence-electron chi connectivity index (χ3n) is 6.33. The number of hydrogen-bond acceptors (Lipinski definition) is 8. The number of benzene rings is 2. The summed E-state index contributed by atoms with van der Waals surface area (Å²) in [5, 5.41) is 15.8. The number of aromatic amines is 2. The van der Waals surface area contributed by atoms with Gasteiger partial charge in [0, 0.05) is 30.1 Å². The second-order valence-corrected chi connectivity index (χ2v) is 10.8. The van der Waals surface area contributed by atoms with E-state index in [0.717, 1.165) is 53.4 Å². The van der Waals surface area contributed by atoms with Gasteiger partial charge in [-0.25, -0.2) is 4.79 Å². The highest BCUT2D eigenvalue weighted by Gasteiger charge is 2.25. The van der Waals surface area contributed by atoms with Crippen LogP contribution in [0.25, 0.3) is 17.1 Å². The van der Waals surface area contributed by atoms with Gasteiger partial charge in [-0.05, 0) is 76.4 Å². The molecule has 1 aromatic heterocycles. The summed E-state index contributed by atoms with van der Waals surface area (Å²) in [5.41, 5.74) is 2.88. The summed E-state index contributed by atoms with van der Waals surface area (Å²) in [6.45, 7) is 2.24. The lowest BCUT2D eigenvalue weighted by atomic mass is 10.0. The number of H-pyrrole nitrogens is 2. The number of nitrogens with one attached hydrogen (secondary N) is 4. The molecule has 37 heavy (non-hydrogen) atoms. The molecule has 0 unspecified atom stereocenters. The Morgan fingerprint density at radius 2 is 2.00 bits per heavy atom. The van der Waals surface area contributed by atoms with Crippen LogP contribution in [0.1, 0.15) is 18.4 Å². The molecule has 0 saturated carbocycles. The van der Waals surface area contributed by atoms with Crippen LogP contribution in [-0.2, 0) is 4.79 Å². The number of para-hydroxylation sites is 1. The summed E-state index contributed by atoms with van der Waals surface area (Å²) in [4.78, 5) is 42.8. The van der Waals surface area contributed by atoms with Gasteiger partial charge in [-0.1, -0.05) is 12.1 Å². The van der Waals surface area contributed by atoms with E-state index >= 15 is 0 Å². The molecule has 1 atom stereocenters. The summed E-state index contributed by atoms with van der Waals surface area (Å²) >= 11 is 4.55. The Hall–Kier alpha value is -3.06. The molecule has 0 radical (unpaired) electrons. The van der Waals surface area contributed by atoms with Gasteiger partial charge in [0.25, 0.3) is 11.1 Å². The molecule has 5 N–H and O–H groups in total. The number of imidazole rings is 1. The first kappa shape index (κ1) is 25.6. The number of piperidine rings is 1. The summed E-state index contributed by atoms with van der Waals surface area (Å²) < 4.78 is 6.67. The van der Waals surface area contributed by atoms with Gasteiger partial charge in [0.2, 0.25) is 0 Å². The van der Waals surface area contributed by atoms with Crippen molar-refractivity contribution in [1.82, 2.24) is 20.6 Å². The number of aliphatic hydroxyl groups excluding tert-OH is 1. The van der Waals surface area contributed by atoms with E-state index in [4.69, 9.17) is 4.74 Å². The van der Waals surface area contributed by atoms with E-state index in [0.29, 0.717) is 28.2 Å². The lowest BCUT2D eigenvalue weighted by molar-refractivity contribution is -0.115. The van der Waals surface area contributed by atoms with Gasteiger partial charge >= 0.3 is 5.69 Å². The fourth-order valence-electron chi connectivity index (χ4n) is 4.47.